The molecule has 0 aliphatic rings. The van der Waals surface area contributed by atoms with E-state index in [1.54, 1.807) is 16.9 Å². The first kappa shape index (κ1) is 18.4. The van der Waals surface area contributed by atoms with Crippen LogP contribution in [0.2, 0.25) is 0 Å². The van der Waals surface area contributed by atoms with Gasteiger partial charge in [-0.2, -0.15) is 9.78 Å². The molecule has 142 valence electrons. The largest absolute Gasteiger partial charge is 0.450 e. The highest BCUT2D eigenvalue weighted by atomic mass is 79.9. The summed E-state index contributed by atoms with van der Waals surface area (Å²) in [7, 11) is 0. The number of anilines is 1. The molecule has 4 rings (SSSR count). The first-order valence-electron chi connectivity index (χ1n) is 8.84. The van der Waals surface area contributed by atoms with Crippen LogP contribution in [0.4, 0.5) is 5.82 Å². The molecule has 0 saturated heterocycles. The van der Waals surface area contributed by atoms with Crippen molar-refractivity contribution in [1.82, 2.24) is 14.8 Å². The molecule has 1 N–H and O–H groups in total. The highest BCUT2D eigenvalue weighted by Gasteiger charge is 2.23. The van der Waals surface area contributed by atoms with Crippen LogP contribution in [-0.2, 0) is 5.41 Å². The molecule has 3 heterocycles. The lowest BCUT2D eigenvalue weighted by Crippen LogP contribution is -2.15. The Hall–Kier alpha value is -2.93. The standard InChI is InChI=1S/C21H19BrN4O2/c1-21(2,3)16-12-18(26(25-16)17-9-4-5-10-23-17)24-20(27)15-11-13-7-6-8-14(22)19(13)28-15/h4-12H,1-3H3,(H,24,27). The van der Waals surface area contributed by atoms with Crippen molar-refractivity contribution < 1.29 is 9.21 Å². The SMILES string of the molecule is CC(C)(C)c1cc(NC(=O)c2cc3cccc(Br)c3o2)n(-c2ccccn2)n1. The van der Waals surface area contributed by atoms with E-state index in [1.807, 2.05) is 42.5 Å². The van der Waals surface area contributed by atoms with Crippen molar-refractivity contribution in [3.63, 3.8) is 0 Å². The number of benzene rings is 1. The van der Waals surface area contributed by atoms with E-state index < -0.39 is 0 Å². The summed E-state index contributed by atoms with van der Waals surface area (Å²) in [5.41, 5.74) is 1.31. The van der Waals surface area contributed by atoms with Gasteiger partial charge in [-0.3, -0.25) is 4.79 Å². The number of rotatable bonds is 3. The Balaban J connectivity index is 1.72. The lowest BCUT2D eigenvalue weighted by Gasteiger charge is -2.13. The van der Waals surface area contributed by atoms with Crippen LogP contribution in [0.15, 0.2) is 63.6 Å². The topological polar surface area (TPSA) is 73.0 Å². The van der Waals surface area contributed by atoms with Crippen LogP contribution in [0, 0.1) is 0 Å². The summed E-state index contributed by atoms with van der Waals surface area (Å²) in [4.78, 5) is 17.2. The molecular formula is C21H19BrN4O2. The van der Waals surface area contributed by atoms with Crippen molar-refractivity contribution in [2.45, 2.75) is 26.2 Å². The summed E-state index contributed by atoms with van der Waals surface area (Å²) in [6.45, 7) is 6.21. The number of nitrogens with zero attached hydrogens (tertiary/aromatic N) is 3. The van der Waals surface area contributed by atoms with Crippen molar-refractivity contribution in [3.8, 4) is 5.82 Å². The van der Waals surface area contributed by atoms with E-state index in [9.17, 15) is 4.79 Å². The predicted molar refractivity (Wildman–Crippen MR) is 112 cm³/mol. The minimum atomic E-state index is -0.347. The van der Waals surface area contributed by atoms with Gasteiger partial charge in [0.1, 0.15) is 11.4 Å². The van der Waals surface area contributed by atoms with E-state index >= 15 is 0 Å². The molecule has 1 aromatic carbocycles. The molecule has 0 aliphatic heterocycles. The number of carbonyl (C=O) groups excluding carboxylic acids is 1. The number of fused-ring (bicyclic) bond motifs is 1. The highest BCUT2D eigenvalue weighted by Crippen LogP contribution is 2.29. The second-order valence-corrected chi connectivity index (χ2v) is 8.34. The lowest BCUT2D eigenvalue weighted by atomic mass is 9.92. The van der Waals surface area contributed by atoms with Crippen molar-refractivity contribution in [2.75, 3.05) is 5.32 Å². The van der Waals surface area contributed by atoms with E-state index in [2.05, 4.69) is 52.1 Å². The maximum absolute atomic E-state index is 12.9. The summed E-state index contributed by atoms with van der Waals surface area (Å²) >= 11 is 3.45. The fraction of sp³-hybridized carbons (Fsp3) is 0.190. The number of pyridine rings is 1. The fourth-order valence-corrected chi connectivity index (χ4v) is 3.27. The van der Waals surface area contributed by atoms with Crippen molar-refractivity contribution in [1.29, 1.82) is 0 Å². The third kappa shape index (κ3) is 3.45. The number of furan rings is 1. The molecule has 0 atom stereocenters. The van der Waals surface area contributed by atoms with Crippen LogP contribution in [-0.4, -0.2) is 20.7 Å². The smallest absolute Gasteiger partial charge is 0.292 e. The highest BCUT2D eigenvalue weighted by molar-refractivity contribution is 9.10. The Morgan fingerprint density at radius 2 is 1.96 bits per heavy atom. The van der Waals surface area contributed by atoms with Gasteiger partial charge >= 0.3 is 0 Å². The Morgan fingerprint density at radius 3 is 2.64 bits per heavy atom. The zero-order valence-corrected chi connectivity index (χ0v) is 17.3. The number of para-hydroxylation sites is 1. The van der Waals surface area contributed by atoms with Gasteiger partial charge in [-0.1, -0.05) is 39.0 Å². The molecule has 0 bridgehead atoms. The quantitative estimate of drug-likeness (QED) is 0.469. The molecule has 0 unspecified atom stereocenters. The molecule has 1 amide bonds. The summed E-state index contributed by atoms with van der Waals surface area (Å²) in [6, 6.07) is 14.8. The maximum atomic E-state index is 12.9. The minimum Gasteiger partial charge on any atom is -0.450 e. The molecular weight excluding hydrogens is 420 g/mol. The lowest BCUT2D eigenvalue weighted by molar-refractivity contribution is 0.0998. The normalized spacial score (nSPS) is 11.7. The second-order valence-electron chi connectivity index (χ2n) is 7.49. The number of halogens is 1. The minimum absolute atomic E-state index is 0.177. The van der Waals surface area contributed by atoms with E-state index in [4.69, 9.17) is 4.42 Å². The number of aromatic nitrogens is 3. The molecule has 0 saturated carbocycles. The average molecular weight is 439 g/mol. The number of amides is 1. The van der Waals surface area contributed by atoms with Gasteiger partial charge < -0.3 is 9.73 Å². The zero-order valence-electron chi connectivity index (χ0n) is 15.7. The second kappa shape index (κ2) is 6.91. The maximum Gasteiger partial charge on any atom is 0.292 e. The van der Waals surface area contributed by atoms with Gasteiger partial charge in [0, 0.05) is 23.1 Å². The first-order valence-corrected chi connectivity index (χ1v) is 9.63. The van der Waals surface area contributed by atoms with Crippen LogP contribution in [0.25, 0.3) is 16.8 Å². The molecule has 0 spiro atoms. The number of hydrogen-bond donors (Lipinski definition) is 1. The van der Waals surface area contributed by atoms with Gasteiger partial charge in [-0.05, 0) is 40.2 Å². The Morgan fingerprint density at radius 1 is 1.14 bits per heavy atom. The van der Waals surface area contributed by atoms with E-state index in [0.717, 1.165) is 15.6 Å². The third-order valence-electron chi connectivity index (χ3n) is 4.31. The van der Waals surface area contributed by atoms with Crippen LogP contribution >= 0.6 is 15.9 Å². The Kier molecular flexibility index (Phi) is 4.55. The van der Waals surface area contributed by atoms with E-state index in [1.165, 1.54) is 0 Å². The van der Waals surface area contributed by atoms with Crippen molar-refractivity contribution in [2.24, 2.45) is 0 Å². The fourth-order valence-electron chi connectivity index (χ4n) is 2.81. The van der Waals surface area contributed by atoms with E-state index in [-0.39, 0.29) is 17.1 Å². The van der Waals surface area contributed by atoms with Gasteiger partial charge in [-0.15, -0.1) is 0 Å². The molecule has 0 radical (unpaired) electrons. The van der Waals surface area contributed by atoms with Crippen LogP contribution in [0.3, 0.4) is 0 Å². The van der Waals surface area contributed by atoms with Crippen LogP contribution in [0.1, 0.15) is 37.0 Å². The first-order chi connectivity index (χ1) is 13.3. The van der Waals surface area contributed by atoms with Crippen molar-refractivity contribution >= 4 is 38.6 Å². The van der Waals surface area contributed by atoms with Gasteiger partial charge in [0.2, 0.25) is 0 Å². The van der Waals surface area contributed by atoms with Gasteiger partial charge in [-0.25, -0.2) is 4.98 Å². The Labute approximate surface area is 170 Å². The van der Waals surface area contributed by atoms with Crippen LogP contribution < -0.4 is 5.32 Å². The molecule has 4 aromatic rings. The summed E-state index contributed by atoms with van der Waals surface area (Å²) in [5.74, 6) is 1.04. The molecule has 6 nitrogen and oxygen atoms in total. The zero-order chi connectivity index (χ0) is 19.9. The third-order valence-corrected chi connectivity index (χ3v) is 4.93. The molecule has 0 aliphatic carbocycles. The predicted octanol–water partition coefficient (Wildman–Crippen LogP) is 5.33. The number of hydrogen-bond acceptors (Lipinski definition) is 4. The summed E-state index contributed by atoms with van der Waals surface area (Å²) < 4.78 is 8.19. The average Bonchev–Trinajstić information content (AvgIpc) is 3.27. The molecule has 28 heavy (non-hydrogen) atoms. The molecule has 3 aromatic heterocycles. The van der Waals surface area contributed by atoms with Crippen LogP contribution in [0.5, 0.6) is 0 Å². The number of nitrogens with one attached hydrogen (secondary N) is 1. The van der Waals surface area contributed by atoms with Gasteiger partial charge in [0.25, 0.3) is 5.91 Å². The van der Waals surface area contributed by atoms with E-state index in [0.29, 0.717) is 17.2 Å². The summed E-state index contributed by atoms with van der Waals surface area (Å²) in [6.07, 6.45) is 1.69. The number of carbonyl (C=O) groups is 1. The molecule has 7 heteroatoms. The monoisotopic (exact) mass is 438 g/mol. The van der Waals surface area contributed by atoms with Crippen molar-refractivity contribution in [3.05, 3.63) is 70.7 Å². The van der Waals surface area contributed by atoms with Gasteiger partial charge in [0.05, 0.1) is 10.2 Å². The molecule has 0 fully saturated rings. The van der Waals surface area contributed by atoms with Gasteiger partial charge in [0.15, 0.2) is 11.6 Å². The summed E-state index contributed by atoms with van der Waals surface area (Å²) in [5, 5.41) is 8.42. The Bertz CT molecular complexity index is 1160.